The van der Waals surface area contributed by atoms with Gasteiger partial charge in [0.15, 0.2) is 0 Å². The van der Waals surface area contributed by atoms with Gasteiger partial charge in [-0.15, -0.1) is 0 Å². The summed E-state index contributed by atoms with van der Waals surface area (Å²) >= 11 is 0. The Kier molecular flexibility index (Phi) is 5.98. The van der Waals surface area contributed by atoms with E-state index < -0.39 is 17.6 Å². The number of esters is 1. The molecule has 0 saturated carbocycles. The Balaban J connectivity index is 2.42. The molecular weight excluding hydrogens is 348 g/mol. The van der Waals surface area contributed by atoms with E-state index >= 15 is 0 Å². The van der Waals surface area contributed by atoms with Crippen LogP contribution in [0.5, 0.6) is 0 Å². The number of pyridine rings is 1. The molecule has 1 aromatic heterocycles. The van der Waals surface area contributed by atoms with Crippen LogP contribution in [0.25, 0.3) is 0 Å². The second-order valence-corrected chi connectivity index (χ2v) is 7.77. The highest BCUT2D eigenvalue weighted by Crippen LogP contribution is 2.28. The van der Waals surface area contributed by atoms with Gasteiger partial charge in [-0.3, -0.25) is 14.6 Å². The topological polar surface area (TPSA) is 107 Å². The summed E-state index contributed by atoms with van der Waals surface area (Å²) in [4.78, 5) is 36.3. The van der Waals surface area contributed by atoms with E-state index in [0.717, 1.165) is 0 Å². The molecule has 0 radical (unpaired) electrons. The summed E-state index contributed by atoms with van der Waals surface area (Å²) in [6.45, 7) is 11.5. The highest BCUT2D eigenvalue weighted by Gasteiger charge is 2.38. The van der Waals surface area contributed by atoms with E-state index in [2.05, 4.69) is 11.9 Å². The predicted octanol–water partition coefficient (Wildman–Crippen LogP) is 1.06. The van der Waals surface area contributed by atoms with Crippen molar-refractivity contribution in [3.05, 3.63) is 40.5 Å². The molecular formula is C19H28N4O4. The molecule has 1 aliphatic rings. The standard InChI is InChI=1S/C19H28N4O4/c1-12-6-7-15(20)17(25)23(12)22-9-8-14(13(2)21-11-24)10-16(22)18(26)27-19(3,4)5/h6-7,11,14,16H,2,8-10,20H2,1,3-5H3,(H,21,24). The number of anilines is 1. The molecule has 0 bridgehead atoms. The minimum absolute atomic E-state index is 0.0963. The first kappa shape index (κ1) is 20.5. The first-order valence-corrected chi connectivity index (χ1v) is 8.92. The minimum atomic E-state index is -0.702. The third-order valence-electron chi connectivity index (χ3n) is 4.52. The Morgan fingerprint density at radius 3 is 2.67 bits per heavy atom. The van der Waals surface area contributed by atoms with Crippen molar-refractivity contribution in [2.75, 3.05) is 17.3 Å². The van der Waals surface area contributed by atoms with Crippen molar-refractivity contribution in [3.8, 4) is 0 Å². The number of carbonyl (C=O) groups excluding carboxylic acids is 2. The number of nitrogens with one attached hydrogen (secondary N) is 1. The van der Waals surface area contributed by atoms with Crippen LogP contribution in [0.1, 0.15) is 39.3 Å². The van der Waals surface area contributed by atoms with E-state index in [1.165, 1.54) is 4.68 Å². The van der Waals surface area contributed by atoms with E-state index in [0.29, 0.717) is 37.2 Å². The van der Waals surface area contributed by atoms with Gasteiger partial charge in [-0.25, -0.2) is 9.47 Å². The summed E-state index contributed by atoms with van der Waals surface area (Å²) in [7, 11) is 0. The molecule has 2 atom stereocenters. The van der Waals surface area contributed by atoms with Crippen LogP contribution in [-0.4, -0.2) is 35.2 Å². The minimum Gasteiger partial charge on any atom is -0.458 e. The lowest BCUT2D eigenvalue weighted by Gasteiger charge is -2.41. The quantitative estimate of drug-likeness (QED) is 0.588. The number of aromatic nitrogens is 1. The molecule has 8 heteroatoms. The number of nitrogens with zero attached hydrogens (tertiary/aromatic N) is 2. The van der Waals surface area contributed by atoms with E-state index in [1.807, 2.05) is 0 Å². The molecule has 1 amide bonds. The van der Waals surface area contributed by atoms with Crippen LogP contribution in [0.2, 0.25) is 0 Å². The summed E-state index contributed by atoms with van der Waals surface area (Å²) in [6.07, 6.45) is 1.57. The number of nitrogens with two attached hydrogens (primary N) is 1. The zero-order valence-electron chi connectivity index (χ0n) is 16.3. The smallest absolute Gasteiger partial charge is 0.330 e. The van der Waals surface area contributed by atoms with E-state index in [9.17, 15) is 14.4 Å². The van der Waals surface area contributed by atoms with Gasteiger partial charge >= 0.3 is 5.97 Å². The van der Waals surface area contributed by atoms with Gasteiger partial charge in [0.05, 0.1) is 5.69 Å². The second kappa shape index (κ2) is 7.85. The van der Waals surface area contributed by atoms with Crippen molar-refractivity contribution in [3.63, 3.8) is 0 Å². The lowest BCUT2D eigenvalue weighted by Crippen LogP contribution is -2.58. The zero-order chi connectivity index (χ0) is 20.4. The fourth-order valence-corrected chi connectivity index (χ4v) is 3.24. The Morgan fingerprint density at radius 1 is 1.41 bits per heavy atom. The molecule has 1 saturated heterocycles. The summed E-state index contributed by atoms with van der Waals surface area (Å²) in [5, 5.41) is 4.28. The van der Waals surface area contributed by atoms with Crippen molar-refractivity contribution in [2.24, 2.45) is 5.92 Å². The predicted molar refractivity (Wildman–Crippen MR) is 104 cm³/mol. The Morgan fingerprint density at radius 2 is 2.07 bits per heavy atom. The van der Waals surface area contributed by atoms with Crippen LogP contribution in [0, 0.1) is 12.8 Å². The van der Waals surface area contributed by atoms with Gasteiger partial charge in [0.1, 0.15) is 11.6 Å². The average molecular weight is 376 g/mol. The number of piperidine rings is 1. The fourth-order valence-electron chi connectivity index (χ4n) is 3.24. The second-order valence-electron chi connectivity index (χ2n) is 7.77. The highest BCUT2D eigenvalue weighted by molar-refractivity contribution is 5.78. The van der Waals surface area contributed by atoms with Crippen molar-refractivity contribution >= 4 is 18.1 Å². The number of ether oxygens (including phenoxy) is 1. The van der Waals surface area contributed by atoms with Gasteiger partial charge in [-0.1, -0.05) is 6.58 Å². The summed E-state index contributed by atoms with van der Waals surface area (Å²) in [6, 6.07) is 2.59. The van der Waals surface area contributed by atoms with Gasteiger partial charge in [0.2, 0.25) is 6.41 Å². The third kappa shape index (κ3) is 4.69. The van der Waals surface area contributed by atoms with Crippen molar-refractivity contribution < 1.29 is 14.3 Å². The summed E-state index contributed by atoms with van der Waals surface area (Å²) < 4.78 is 7.02. The molecule has 0 aromatic carbocycles. The van der Waals surface area contributed by atoms with E-state index in [-0.39, 0.29) is 17.2 Å². The number of aryl methyl sites for hydroxylation is 1. The average Bonchev–Trinajstić information content (AvgIpc) is 2.57. The summed E-state index contributed by atoms with van der Waals surface area (Å²) in [5.74, 6) is -0.527. The number of carbonyl (C=O) groups is 2. The zero-order valence-corrected chi connectivity index (χ0v) is 16.3. The molecule has 27 heavy (non-hydrogen) atoms. The fraction of sp³-hybridized carbons (Fsp3) is 0.526. The Hall–Kier alpha value is -2.77. The van der Waals surface area contributed by atoms with Gasteiger partial charge in [0, 0.05) is 23.9 Å². The molecule has 148 valence electrons. The lowest BCUT2D eigenvalue weighted by atomic mass is 9.89. The van der Waals surface area contributed by atoms with Gasteiger partial charge in [-0.05, 0) is 52.7 Å². The SMILES string of the molecule is C=C(NC=O)C1CCN(n2c(C)ccc(N)c2=O)C(C(=O)OC(C)(C)C)C1. The summed E-state index contributed by atoms with van der Waals surface area (Å²) in [5.41, 5.74) is 6.10. The normalized spacial score (nSPS) is 20.1. The Labute approximate surface area is 158 Å². The van der Waals surface area contributed by atoms with Crippen LogP contribution in [-0.2, 0) is 14.3 Å². The molecule has 3 N–H and O–H groups in total. The Bertz CT molecular complexity index is 794. The number of hydrogen-bond acceptors (Lipinski definition) is 6. The molecule has 1 fully saturated rings. The van der Waals surface area contributed by atoms with Crippen LogP contribution in [0.15, 0.2) is 29.2 Å². The van der Waals surface area contributed by atoms with Gasteiger partial charge < -0.3 is 15.8 Å². The first-order valence-electron chi connectivity index (χ1n) is 8.92. The van der Waals surface area contributed by atoms with Crippen LogP contribution < -0.4 is 21.6 Å². The largest absolute Gasteiger partial charge is 0.458 e. The van der Waals surface area contributed by atoms with Crippen molar-refractivity contribution in [2.45, 2.75) is 52.2 Å². The number of amides is 1. The van der Waals surface area contributed by atoms with Crippen LogP contribution >= 0.6 is 0 Å². The van der Waals surface area contributed by atoms with Gasteiger partial charge in [0.25, 0.3) is 5.56 Å². The molecule has 0 spiro atoms. The lowest BCUT2D eigenvalue weighted by molar-refractivity contribution is -0.158. The maximum Gasteiger partial charge on any atom is 0.330 e. The van der Waals surface area contributed by atoms with Crippen molar-refractivity contribution in [1.29, 1.82) is 0 Å². The molecule has 2 unspecified atom stereocenters. The van der Waals surface area contributed by atoms with E-state index in [1.54, 1.807) is 44.8 Å². The number of hydrogen-bond donors (Lipinski definition) is 2. The molecule has 2 rings (SSSR count). The van der Waals surface area contributed by atoms with Gasteiger partial charge in [-0.2, -0.15) is 0 Å². The number of allylic oxidation sites excluding steroid dienone is 1. The molecule has 1 aromatic rings. The number of rotatable bonds is 5. The monoisotopic (exact) mass is 376 g/mol. The molecule has 8 nitrogen and oxygen atoms in total. The molecule has 0 aliphatic carbocycles. The molecule has 1 aliphatic heterocycles. The third-order valence-corrected chi connectivity index (χ3v) is 4.52. The maximum atomic E-state index is 12.9. The van der Waals surface area contributed by atoms with Crippen LogP contribution in [0.4, 0.5) is 5.69 Å². The maximum absolute atomic E-state index is 12.9. The van der Waals surface area contributed by atoms with Crippen molar-refractivity contribution in [1.82, 2.24) is 9.99 Å². The number of nitrogen functional groups attached to an aromatic ring is 1. The highest BCUT2D eigenvalue weighted by atomic mass is 16.6. The molecule has 2 heterocycles. The van der Waals surface area contributed by atoms with Crippen LogP contribution in [0.3, 0.4) is 0 Å². The first-order chi connectivity index (χ1) is 12.5. The van der Waals surface area contributed by atoms with E-state index in [4.69, 9.17) is 10.5 Å².